The molecule has 4 atom stereocenters. The first-order valence-corrected chi connectivity index (χ1v) is 4.32. The summed E-state index contributed by atoms with van der Waals surface area (Å²) in [7, 11) is 0. The van der Waals surface area contributed by atoms with Crippen LogP contribution < -0.4 is 5.73 Å². The van der Waals surface area contributed by atoms with E-state index in [4.69, 9.17) is 11.0 Å². The van der Waals surface area contributed by atoms with Crippen LogP contribution in [0.2, 0.25) is 0 Å². The van der Waals surface area contributed by atoms with Crippen molar-refractivity contribution in [3.63, 3.8) is 0 Å². The van der Waals surface area contributed by atoms with E-state index in [1.54, 1.807) is 0 Å². The van der Waals surface area contributed by atoms with Gasteiger partial charge in [-0.15, -0.1) is 0 Å². The van der Waals surface area contributed by atoms with Gasteiger partial charge in [0.05, 0.1) is 11.5 Å². The van der Waals surface area contributed by atoms with E-state index in [0.29, 0.717) is 17.9 Å². The van der Waals surface area contributed by atoms with Crippen LogP contribution >= 0.6 is 0 Å². The number of hydrogen-bond acceptors (Lipinski definition) is 2. The van der Waals surface area contributed by atoms with Gasteiger partial charge in [-0.2, -0.15) is 5.26 Å². The smallest absolute Gasteiger partial charge is 0.0689 e. The molecule has 0 aromatic carbocycles. The standard InChI is InChI=1S/C9H14N2/c1-9(5-10)4-6-2-7(9)3-8(6)11/h6-8H,2-4,11H2,1H3/t6-,7-,8+,9-/m0/s1. The SMILES string of the molecule is C[C@@]1(C#N)C[C@@H]2C[C@H]1C[C@H]2N. The van der Waals surface area contributed by atoms with E-state index < -0.39 is 0 Å². The first-order chi connectivity index (χ1) is 5.15. The second-order valence-electron chi connectivity index (χ2n) is 4.33. The lowest BCUT2D eigenvalue weighted by Gasteiger charge is -2.29. The average molecular weight is 150 g/mol. The molecular weight excluding hydrogens is 136 g/mol. The van der Waals surface area contributed by atoms with Gasteiger partial charge in [-0.05, 0) is 38.0 Å². The quantitative estimate of drug-likeness (QED) is 0.565. The molecule has 0 radical (unpaired) electrons. The summed E-state index contributed by atoms with van der Waals surface area (Å²) in [5, 5.41) is 8.94. The monoisotopic (exact) mass is 150 g/mol. The van der Waals surface area contributed by atoms with Gasteiger partial charge in [0.15, 0.2) is 0 Å². The molecule has 2 aliphatic carbocycles. The molecule has 0 aromatic rings. The predicted molar refractivity (Wildman–Crippen MR) is 42.5 cm³/mol. The second kappa shape index (κ2) is 1.98. The molecule has 2 bridgehead atoms. The maximum atomic E-state index is 8.94. The van der Waals surface area contributed by atoms with E-state index in [-0.39, 0.29) is 5.41 Å². The lowest BCUT2D eigenvalue weighted by atomic mass is 9.75. The lowest BCUT2D eigenvalue weighted by molar-refractivity contribution is 0.249. The molecule has 2 saturated carbocycles. The van der Waals surface area contributed by atoms with Gasteiger partial charge in [-0.25, -0.2) is 0 Å². The van der Waals surface area contributed by atoms with Crippen molar-refractivity contribution < 1.29 is 0 Å². The third-order valence-corrected chi connectivity index (χ3v) is 3.59. The lowest BCUT2D eigenvalue weighted by Crippen LogP contribution is -2.34. The van der Waals surface area contributed by atoms with Gasteiger partial charge in [0.1, 0.15) is 0 Å². The highest BCUT2D eigenvalue weighted by molar-refractivity contribution is 5.12. The van der Waals surface area contributed by atoms with Gasteiger partial charge in [0, 0.05) is 6.04 Å². The summed E-state index contributed by atoms with van der Waals surface area (Å²) < 4.78 is 0. The van der Waals surface area contributed by atoms with Crippen LogP contribution in [-0.4, -0.2) is 6.04 Å². The Labute approximate surface area is 67.4 Å². The number of nitrogens with zero attached hydrogens (tertiary/aromatic N) is 1. The van der Waals surface area contributed by atoms with Crippen molar-refractivity contribution in [2.75, 3.05) is 0 Å². The molecule has 2 N–H and O–H groups in total. The van der Waals surface area contributed by atoms with Gasteiger partial charge in [0.2, 0.25) is 0 Å². The number of fused-ring (bicyclic) bond motifs is 2. The van der Waals surface area contributed by atoms with Crippen LogP contribution in [-0.2, 0) is 0 Å². The maximum absolute atomic E-state index is 8.94. The zero-order valence-corrected chi connectivity index (χ0v) is 6.88. The number of hydrogen-bond donors (Lipinski definition) is 1. The Morgan fingerprint density at radius 1 is 1.55 bits per heavy atom. The Bertz CT molecular complexity index is 216. The van der Waals surface area contributed by atoms with E-state index in [0.717, 1.165) is 12.8 Å². The predicted octanol–water partition coefficient (Wildman–Crippen LogP) is 1.27. The third-order valence-electron chi connectivity index (χ3n) is 3.59. The first-order valence-electron chi connectivity index (χ1n) is 4.32. The first kappa shape index (κ1) is 7.12. The summed E-state index contributed by atoms with van der Waals surface area (Å²) in [6.45, 7) is 2.09. The van der Waals surface area contributed by atoms with Crippen LogP contribution in [0.5, 0.6) is 0 Å². The number of rotatable bonds is 0. The molecule has 60 valence electrons. The van der Waals surface area contributed by atoms with E-state index in [1.165, 1.54) is 6.42 Å². The molecule has 0 unspecified atom stereocenters. The minimum absolute atomic E-state index is 0.0411. The minimum Gasteiger partial charge on any atom is -0.327 e. The van der Waals surface area contributed by atoms with Crippen molar-refractivity contribution >= 4 is 0 Å². The average Bonchev–Trinajstić information content (AvgIpc) is 2.45. The topological polar surface area (TPSA) is 49.8 Å². The van der Waals surface area contributed by atoms with Gasteiger partial charge in [0.25, 0.3) is 0 Å². The van der Waals surface area contributed by atoms with E-state index in [1.807, 2.05) is 0 Å². The van der Waals surface area contributed by atoms with Crippen LogP contribution in [0.3, 0.4) is 0 Å². The zero-order chi connectivity index (χ0) is 8.06. The molecule has 0 saturated heterocycles. The van der Waals surface area contributed by atoms with Gasteiger partial charge in [-0.3, -0.25) is 0 Å². The Morgan fingerprint density at radius 3 is 2.64 bits per heavy atom. The molecule has 0 amide bonds. The Hall–Kier alpha value is -0.550. The Balaban J connectivity index is 2.21. The highest BCUT2D eigenvalue weighted by atomic mass is 14.7. The van der Waals surface area contributed by atoms with Crippen LogP contribution in [0, 0.1) is 28.6 Å². The fourth-order valence-electron chi connectivity index (χ4n) is 2.76. The molecule has 2 rings (SSSR count). The zero-order valence-electron chi connectivity index (χ0n) is 6.88. The summed E-state index contributed by atoms with van der Waals surface area (Å²) >= 11 is 0. The summed E-state index contributed by atoms with van der Waals surface area (Å²) in [4.78, 5) is 0. The third kappa shape index (κ3) is 0.810. The Kier molecular flexibility index (Phi) is 1.28. The summed E-state index contributed by atoms with van der Waals surface area (Å²) in [5.74, 6) is 1.23. The second-order valence-corrected chi connectivity index (χ2v) is 4.33. The van der Waals surface area contributed by atoms with Gasteiger partial charge in [-0.1, -0.05) is 0 Å². The van der Waals surface area contributed by atoms with Crippen molar-refractivity contribution in [2.45, 2.75) is 32.2 Å². The molecule has 0 aliphatic heterocycles. The van der Waals surface area contributed by atoms with Crippen LogP contribution in [0.15, 0.2) is 0 Å². The van der Waals surface area contributed by atoms with E-state index in [9.17, 15) is 0 Å². The van der Waals surface area contributed by atoms with Crippen molar-refractivity contribution in [3.8, 4) is 6.07 Å². The number of nitrogens with two attached hydrogens (primary N) is 1. The van der Waals surface area contributed by atoms with Crippen molar-refractivity contribution in [1.82, 2.24) is 0 Å². The Morgan fingerprint density at radius 2 is 2.27 bits per heavy atom. The molecule has 2 fully saturated rings. The fourth-order valence-corrected chi connectivity index (χ4v) is 2.76. The molecular formula is C9H14N2. The van der Waals surface area contributed by atoms with Crippen molar-refractivity contribution in [3.05, 3.63) is 0 Å². The highest BCUT2D eigenvalue weighted by Gasteiger charge is 2.51. The molecule has 0 spiro atoms. The maximum Gasteiger partial charge on any atom is 0.0689 e. The molecule has 2 nitrogen and oxygen atoms in total. The molecule has 0 heterocycles. The molecule has 0 aromatic heterocycles. The van der Waals surface area contributed by atoms with E-state index in [2.05, 4.69) is 13.0 Å². The summed E-state index contributed by atoms with van der Waals surface area (Å²) in [6.07, 6.45) is 3.31. The normalized spacial score (nSPS) is 54.5. The minimum atomic E-state index is -0.0411. The molecule has 2 heteroatoms. The van der Waals surface area contributed by atoms with Gasteiger partial charge < -0.3 is 5.73 Å². The van der Waals surface area contributed by atoms with Crippen molar-refractivity contribution in [2.24, 2.45) is 23.0 Å². The summed E-state index contributed by atoms with van der Waals surface area (Å²) in [6, 6.07) is 2.83. The highest BCUT2D eigenvalue weighted by Crippen LogP contribution is 2.54. The van der Waals surface area contributed by atoms with Crippen molar-refractivity contribution in [1.29, 1.82) is 5.26 Å². The van der Waals surface area contributed by atoms with Crippen LogP contribution in [0.25, 0.3) is 0 Å². The van der Waals surface area contributed by atoms with Crippen LogP contribution in [0.4, 0.5) is 0 Å². The number of nitriles is 1. The van der Waals surface area contributed by atoms with Gasteiger partial charge >= 0.3 is 0 Å². The molecule has 11 heavy (non-hydrogen) atoms. The summed E-state index contributed by atoms with van der Waals surface area (Å²) in [5.41, 5.74) is 5.85. The van der Waals surface area contributed by atoms with E-state index >= 15 is 0 Å². The molecule has 2 aliphatic rings. The largest absolute Gasteiger partial charge is 0.327 e. The van der Waals surface area contributed by atoms with Crippen LogP contribution in [0.1, 0.15) is 26.2 Å². The fraction of sp³-hybridized carbons (Fsp3) is 0.889.